The Morgan fingerprint density at radius 2 is 1.81 bits per heavy atom. The molecule has 0 aromatic carbocycles. The van der Waals surface area contributed by atoms with E-state index in [-0.39, 0.29) is 40.4 Å². The van der Waals surface area contributed by atoms with Gasteiger partial charge in [-0.15, -0.1) is 11.8 Å². The molecule has 0 aliphatic carbocycles. The predicted molar refractivity (Wildman–Crippen MR) is 145 cm³/mol. The Hall–Kier alpha value is -1.28. The van der Waals surface area contributed by atoms with Gasteiger partial charge in [0.1, 0.15) is 6.04 Å². The van der Waals surface area contributed by atoms with E-state index in [1.807, 2.05) is 20.8 Å². The van der Waals surface area contributed by atoms with Crippen LogP contribution < -0.4 is 10.6 Å². The molecule has 8 heteroatoms. The van der Waals surface area contributed by atoms with Crippen LogP contribution >= 0.6 is 11.8 Å². The number of hydrogen-bond donors (Lipinski definition) is 3. The highest BCUT2D eigenvalue weighted by Gasteiger charge is 2.77. The van der Waals surface area contributed by atoms with Crippen molar-refractivity contribution in [2.45, 2.75) is 122 Å². The molecular weight excluding hydrogens is 474 g/mol. The number of nitrogens with zero attached hydrogens (tertiary/aromatic N) is 1. The molecule has 2 unspecified atom stereocenters. The summed E-state index contributed by atoms with van der Waals surface area (Å²) in [4.78, 5) is 43.5. The second-order valence-corrected chi connectivity index (χ2v) is 15.7. The molecule has 3 aliphatic heterocycles. The van der Waals surface area contributed by atoms with Crippen molar-refractivity contribution in [3.8, 4) is 0 Å². The second kappa shape index (κ2) is 10.1. The third-order valence-corrected chi connectivity index (χ3v) is 10.1. The zero-order valence-corrected chi connectivity index (χ0v) is 24.7. The fraction of sp³-hybridized carbons (Fsp3) is 0.893. The first kappa shape index (κ1) is 29.3. The average molecular weight is 524 g/mol. The van der Waals surface area contributed by atoms with Gasteiger partial charge in [0.15, 0.2) is 0 Å². The SMILES string of the molecule is CCCNC(=O)[C@@H]1[C@H]2C(=O)N([C@@H](CO)CC(C)C)C(C(=O)NC(C)(C)CC(C)(C)C)C23CC[C@@]1(C)S3. The lowest BCUT2D eigenvalue weighted by Crippen LogP contribution is -2.60. The molecule has 3 amide bonds. The number of thioether (sulfide) groups is 1. The third-order valence-electron chi connectivity index (χ3n) is 8.08. The van der Waals surface area contributed by atoms with Crippen molar-refractivity contribution in [1.82, 2.24) is 15.5 Å². The molecule has 0 aromatic heterocycles. The number of fused-ring (bicyclic) bond motifs is 1. The highest BCUT2D eigenvalue weighted by atomic mass is 32.2. The zero-order chi connectivity index (χ0) is 27.3. The molecule has 3 N–H and O–H groups in total. The highest BCUT2D eigenvalue weighted by Crippen LogP contribution is 2.71. The molecule has 3 heterocycles. The van der Waals surface area contributed by atoms with Crippen LogP contribution in [0, 0.1) is 23.2 Å². The first-order valence-corrected chi connectivity index (χ1v) is 14.6. The lowest BCUT2D eigenvalue weighted by atomic mass is 9.66. The summed E-state index contributed by atoms with van der Waals surface area (Å²) in [6.45, 7) is 19.1. The van der Waals surface area contributed by atoms with E-state index in [9.17, 15) is 19.5 Å². The standard InChI is InChI=1S/C28H49N3O4S/c1-10-13-29-22(33)19-20-24(35)31(18(15-32)14-17(2)3)21(28(20)12-11-27(19,9)36-28)23(34)30-26(7,8)16-25(4,5)6/h17-21,32H,10-16H2,1-9H3,(H,29,33)(H,30,34)/t18-,19+,20+,21?,27-,28?/m1/s1. The Balaban J connectivity index is 2.06. The van der Waals surface area contributed by atoms with Crippen molar-refractivity contribution in [3.63, 3.8) is 0 Å². The number of aliphatic hydroxyl groups is 1. The smallest absolute Gasteiger partial charge is 0.244 e. The van der Waals surface area contributed by atoms with Gasteiger partial charge in [0.05, 0.1) is 29.2 Å². The Morgan fingerprint density at radius 1 is 1.17 bits per heavy atom. The Morgan fingerprint density at radius 3 is 2.33 bits per heavy atom. The maximum Gasteiger partial charge on any atom is 0.244 e. The minimum absolute atomic E-state index is 0.0184. The topological polar surface area (TPSA) is 98.7 Å². The zero-order valence-electron chi connectivity index (χ0n) is 23.9. The van der Waals surface area contributed by atoms with Crippen molar-refractivity contribution in [3.05, 3.63) is 0 Å². The Labute approximate surface area is 222 Å². The number of nitrogens with one attached hydrogen (secondary N) is 2. The number of carbonyl (C=O) groups excluding carboxylic acids is 3. The highest BCUT2D eigenvalue weighted by molar-refractivity contribution is 8.02. The number of carbonyl (C=O) groups is 3. The van der Waals surface area contributed by atoms with Crippen LogP contribution in [-0.2, 0) is 14.4 Å². The van der Waals surface area contributed by atoms with Gasteiger partial charge in [0, 0.05) is 16.8 Å². The summed E-state index contributed by atoms with van der Waals surface area (Å²) in [5.41, 5.74) is -0.445. The van der Waals surface area contributed by atoms with Crippen LogP contribution in [0.4, 0.5) is 0 Å². The number of likely N-dealkylation sites (tertiary alicyclic amines) is 1. The molecule has 6 atom stereocenters. The first-order chi connectivity index (χ1) is 16.5. The fourth-order valence-corrected chi connectivity index (χ4v) is 9.75. The van der Waals surface area contributed by atoms with Crippen LogP contribution in [-0.4, -0.2) is 68.0 Å². The van der Waals surface area contributed by atoms with E-state index in [0.29, 0.717) is 13.0 Å². The quantitative estimate of drug-likeness (QED) is 0.405. The van der Waals surface area contributed by atoms with Crippen LogP contribution in [0.5, 0.6) is 0 Å². The molecule has 0 radical (unpaired) electrons. The van der Waals surface area contributed by atoms with Crippen molar-refractivity contribution in [2.24, 2.45) is 23.2 Å². The number of hydrogen-bond acceptors (Lipinski definition) is 5. The largest absolute Gasteiger partial charge is 0.394 e. The minimum Gasteiger partial charge on any atom is -0.394 e. The van der Waals surface area contributed by atoms with E-state index in [1.165, 1.54) is 0 Å². The Kier molecular flexibility index (Phi) is 8.23. The number of amides is 3. The third kappa shape index (κ3) is 5.31. The lowest BCUT2D eigenvalue weighted by Gasteiger charge is -2.40. The fourth-order valence-electron chi connectivity index (χ4n) is 7.41. The van der Waals surface area contributed by atoms with Crippen molar-refractivity contribution in [2.75, 3.05) is 13.2 Å². The summed E-state index contributed by atoms with van der Waals surface area (Å²) >= 11 is 1.69. The van der Waals surface area contributed by atoms with Gasteiger partial charge in [-0.05, 0) is 64.2 Å². The number of rotatable bonds is 10. The van der Waals surface area contributed by atoms with Crippen LogP contribution in [0.3, 0.4) is 0 Å². The van der Waals surface area contributed by atoms with Gasteiger partial charge in [-0.1, -0.05) is 41.5 Å². The van der Waals surface area contributed by atoms with Crippen LogP contribution in [0.25, 0.3) is 0 Å². The van der Waals surface area contributed by atoms with Gasteiger partial charge >= 0.3 is 0 Å². The van der Waals surface area contributed by atoms with E-state index in [2.05, 4.69) is 52.2 Å². The molecule has 1 spiro atoms. The Bertz CT molecular complexity index is 869. The predicted octanol–water partition coefficient (Wildman–Crippen LogP) is 3.73. The molecule has 0 aromatic rings. The van der Waals surface area contributed by atoms with E-state index in [1.54, 1.807) is 16.7 Å². The van der Waals surface area contributed by atoms with Crippen LogP contribution in [0.2, 0.25) is 0 Å². The molecule has 2 bridgehead atoms. The van der Waals surface area contributed by atoms with Crippen molar-refractivity contribution >= 4 is 29.5 Å². The van der Waals surface area contributed by atoms with Gasteiger partial charge < -0.3 is 20.6 Å². The summed E-state index contributed by atoms with van der Waals surface area (Å²) in [6.07, 6.45) is 3.73. The summed E-state index contributed by atoms with van der Waals surface area (Å²) in [6, 6.07) is -1.16. The van der Waals surface area contributed by atoms with E-state index in [4.69, 9.17) is 0 Å². The van der Waals surface area contributed by atoms with Crippen LogP contribution in [0.1, 0.15) is 94.4 Å². The minimum atomic E-state index is -0.707. The lowest BCUT2D eigenvalue weighted by molar-refractivity contribution is -0.144. The number of aliphatic hydroxyl groups excluding tert-OH is 1. The summed E-state index contributed by atoms with van der Waals surface area (Å²) in [5, 5.41) is 16.7. The van der Waals surface area contributed by atoms with E-state index < -0.39 is 34.2 Å². The molecule has 3 fully saturated rings. The molecule has 0 saturated carbocycles. The maximum atomic E-state index is 14.2. The first-order valence-electron chi connectivity index (χ1n) is 13.7. The van der Waals surface area contributed by atoms with Gasteiger partial charge in [-0.2, -0.15) is 0 Å². The van der Waals surface area contributed by atoms with Gasteiger partial charge in [0.25, 0.3) is 0 Å². The second-order valence-electron chi connectivity index (χ2n) is 13.8. The summed E-state index contributed by atoms with van der Waals surface area (Å²) in [7, 11) is 0. The van der Waals surface area contributed by atoms with E-state index in [0.717, 1.165) is 25.7 Å². The molecule has 3 rings (SSSR count). The van der Waals surface area contributed by atoms with Crippen LogP contribution in [0.15, 0.2) is 0 Å². The normalized spacial score (nSPS) is 32.7. The summed E-state index contributed by atoms with van der Waals surface area (Å²) in [5.74, 6) is -1.16. The molecule has 36 heavy (non-hydrogen) atoms. The van der Waals surface area contributed by atoms with E-state index >= 15 is 0 Å². The molecule has 206 valence electrons. The van der Waals surface area contributed by atoms with Crippen molar-refractivity contribution < 1.29 is 19.5 Å². The average Bonchev–Trinajstić information content (AvgIpc) is 3.28. The van der Waals surface area contributed by atoms with Gasteiger partial charge in [-0.25, -0.2) is 0 Å². The molecule has 3 saturated heterocycles. The molecular formula is C28H49N3O4S. The molecule has 7 nitrogen and oxygen atoms in total. The molecule has 3 aliphatic rings. The van der Waals surface area contributed by atoms with Gasteiger partial charge in [-0.3, -0.25) is 14.4 Å². The van der Waals surface area contributed by atoms with Gasteiger partial charge in [0.2, 0.25) is 17.7 Å². The summed E-state index contributed by atoms with van der Waals surface area (Å²) < 4.78 is -1.04. The maximum absolute atomic E-state index is 14.2. The monoisotopic (exact) mass is 523 g/mol. The van der Waals surface area contributed by atoms with Crippen molar-refractivity contribution in [1.29, 1.82) is 0 Å².